The van der Waals surface area contributed by atoms with Gasteiger partial charge in [0.2, 0.25) is 0 Å². The van der Waals surface area contributed by atoms with Crippen LogP contribution < -0.4 is 25.0 Å². The van der Waals surface area contributed by atoms with Crippen molar-refractivity contribution < 1.29 is 19.1 Å². The second-order valence-corrected chi connectivity index (χ2v) is 10.4. The summed E-state index contributed by atoms with van der Waals surface area (Å²) in [6, 6.07) is 24.9. The van der Waals surface area contributed by atoms with Crippen molar-refractivity contribution in [1.82, 2.24) is 10.3 Å². The molecule has 0 atom stereocenters. The Morgan fingerprint density at radius 1 is 0.857 bits per heavy atom. The van der Waals surface area contributed by atoms with E-state index in [9.17, 15) is 9.59 Å². The van der Waals surface area contributed by atoms with Crippen LogP contribution in [0.15, 0.2) is 91.3 Å². The van der Waals surface area contributed by atoms with Crippen molar-refractivity contribution in [2.75, 3.05) is 37.5 Å². The van der Waals surface area contributed by atoms with Gasteiger partial charge < -0.3 is 25.0 Å². The maximum absolute atomic E-state index is 13.6. The molecule has 4 aromatic rings. The molecule has 2 heterocycles. The van der Waals surface area contributed by atoms with Crippen LogP contribution >= 0.6 is 0 Å². The number of hydrogen-bond acceptors (Lipinski definition) is 6. The Morgan fingerprint density at radius 2 is 1.64 bits per heavy atom. The first-order valence-electron chi connectivity index (χ1n) is 14.2. The molecule has 1 aliphatic rings. The van der Waals surface area contributed by atoms with Gasteiger partial charge in [0.1, 0.15) is 11.5 Å². The van der Waals surface area contributed by atoms with Gasteiger partial charge in [-0.3, -0.25) is 14.6 Å². The molecule has 0 unspecified atom stereocenters. The standard InChI is InChI=1S/C34H36N4O4/c1-41-28-11-12-29(32(21-28)42-2)34(40)37-27-10-13-31(30(20-27)33(39)36-23-26-9-6-16-35-22-26)38-17-14-25(15-18-38)19-24-7-4-3-5-8-24/h3-13,16,20-22,25H,14-15,17-19,23H2,1-2H3,(H,36,39)(H,37,40). The van der Waals surface area contributed by atoms with Crippen LogP contribution in [0.5, 0.6) is 11.5 Å². The molecule has 3 aromatic carbocycles. The molecule has 0 radical (unpaired) electrons. The second kappa shape index (κ2) is 13.7. The molecule has 1 saturated heterocycles. The van der Waals surface area contributed by atoms with Crippen molar-refractivity contribution in [3.05, 3.63) is 114 Å². The number of carbonyl (C=O) groups is 2. The summed E-state index contributed by atoms with van der Waals surface area (Å²) < 4.78 is 10.7. The highest BCUT2D eigenvalue weighted by Crippen LogP contribution is 2.31. The van der Waals surface area contributed by atoms with E-state index < -0.39 is 0 Å². The molecule has 5 rings (SSSR count). The SMILES string of the molecule is COc1ccc(C(=O)Nc2ccc(N3CCC(Cc4ccccc4)CC3)c(C(=O)NCc3cccnc3)c2)c(OC)c1. The highest BCUT2D eigenvalue weighted by Gasteiger charge is 2.24. The number of carbonyl (C=O) groups excluding carboxylic acids is 2. The predicted molar refractivity (Wildman–Crippen MR) is 164 cm³/mol. The summed E-state index contributed by atoms with van der Waals surface area (Å²) in [4.78, 5) is 33.2. The van der Waals surface area contributed by atoms with Gasteiger partial charge in [-0.25, -0.2) is 0 Å². The van der Waals surface area contributed by atoms with E-state index in [1.54, 1.807) is 43.8 Å². The number of methoxy groups -OCH3 is 2. The zero-order valence-electron chi connectivity index (χ0n) is 24.0. The van der Waals surface area contributed by atoms with E-state index in [1.807, 2.05) is 30.3 Å². The number of piperidine rings is 1. The van der Waals surface area contributed by atoms with E-state index in [0.717, 1.165) is 43.6 Å². The molecule has 1 aromatic heterocycles. The second-order valence-electron chi connectivity index (χ2n) is 10.4. The van der Waals surface area contributed by atoms with Gasteiger partial charge in [-0.05, 0) is 72.7 Å². The summed E-state index contributed by atoms with van der Waals surface area (Å²) in [5.41, 5.74) is 4.53. The topological polar surface area (TPSA) is 92.8 Å². The number of pyridine rings is 1. The summed E-state index contributed by atoms with van der Waals surface area (Å²) in [6.07, 6.45) is 6.59. The van der Waals surface area contributed by atoms with Crippen molar-refractivity contribution in [1.29, 1.82) is 0 Å². The Labute approximate surface area is 246 Å². The smallest absolute Gasteiger partial charge is 0.259 e. The third kappa shape index (κ3) is 7.07. The summed E-state index contributed by atoms with van der Waals surface area (Å²) in [7, 11) is 3.07. The van der Waals surface area contributed by atoms with Crippen LogP contribution in [-0.4, -0.2) is 44.1 Å². The maximum atomic E-state index is 13.6. The lowest BCUT2D eigenvalue weighted by Gasteiger charge is -2.35. The van der Waals surface area contributed by atoms with Gasteiger partial charge in [0, 0.05) is 49.5 Å². The molecule has 8 nitrogen and oxygen atoms in total. The van der Waals surface area contributed by atoms with Crippen LogP contribution in [0.25, 0.3) is 0 Å². The Morgan fingerprint density at radius 3 is 2.36 bits per heavy atom. The third-order valence-electron chi connectivity index (χ3n) is 7.65. The Hall–Kier alpha value is -4.85. The molecule has 0 spiro atoms. The van der Waals surface area contributed by atoms with Crippen molar-refractivity contribution in [2.24, 2.45) is 5.92 Å². The van der Waals surface area contributed by atoms with Crippen LogP contribution in [0.3, 0.4) is 0 Å². The average molecular weight is 565 g/mol. The van der Waals surface area contributed by atoms with Crippen molar-refractivity contribution in [2.45, 2.75) is 25.8 Å². The van der Waals surface area contributed by atoms with Gasteiger partial charge in [0.15, 0.2) is 0 Å². The number of ether oxygens (including phenoxy) is 2. The van der Waals surface area contributed by atoms with E-state index in [0.29, 0.717) is 40.8 Å². The van der Waals surface area contributed by atoms with Crippen LogP contribution in [0.4, 0.5) is 11.4 Å². The molecular formula is C34H36N4O4. The highest BCUT2D eigenvalue weighted by atomic mass is 16.5. The monoisotopic (exact) mass is 564 g/mol. The molecular weight excluding hydrogens is 528 g/mol. The molecule has 42 heavy (non-hydrogen) atoms. The summed E-state index contributed by atoms with van der Waals surface area (Å²) >= 11 is 0. The minimum Gasteiger partial charge on any atom is -0.497 e. The Balaban J connectivity index is 1.35. The van der Waals surface area contributed by atoms with Gasteiger partial charge in [-0.1, -0.05) is 36.4 Å². The number of nitrogens with one attached hydrogen (secondary N) is 2. The van der Waals surface area contributed by atoms with Crippen LogP contribution in [0, 0.1) is 5.92 Å². The molecule has 0 saturated carbocycles. The first kappa shape index (κ1) is 28.7. The van der Waals surface area contributed by atoms with Gasteiger partial charge >= 0.3 is 0 Å². The minimum atomic E-state index is -0.342. The quantitative estimate of drug-likeness (QED) is 0.255. The molecule has 1 fully saturated rings. The third-order valence-corrected chi connectivity index (χ3v) is 7.65. The van der Waals surface area contributed by atoms with Crippen molar-refractivity contribution in [3.63, 3.8) is 0 Å². The zero-order valence-corrected chi connectivity index (χ0v) is 24.0. The van der Waals surface area contributed by atoms with E-state index in [1.165, 1.54) is 12.7 Å². The predicted octanol–water partition coefficient (Wildman–Crippen LogP) is 5.74. The molecule has 2 N–H and O–H groups in total. The van der Waals surface area contributed by atoms with Gasteiger partial charge in [-0.2, -0.15) is 0 Å². The number of rotatable bonds is 10. The number of hydrogen-bond donors (Lipinski definition) is 2. The normalized spacial score (nSPS) is 13.3. The lowest BCUT2D eigenvalue weighted by Crippen LogP contribution is -2.36. The Kier molecular flexibility index (Phi) is 9.33. The van der Waals surface area contributed by atoms with E-state index in [-0.39, 0.29) is 11.8 Å². The molecule has 2 amide bonds. The molecule has 8 heteroatoms. The van der Waals surface area contributed by atoms with E-state index >= 15 is 0 Å². The van der Waals surface area contributed by atoms with E-state index in [4.69, 9.17) is 9.47 Å². The highest BCUT2D eigenvalue weighted by molar-refractivity contribution is 6.08. The summed E-state index contributed by atoms with van der Waals surface area (Å²) in [6.45, 7) is 2.06. The number of aromatic nitrogens is 1. The van der Waals surface area contributed by atoms with Crippen LogP contribution in [-0.2, 0) is 13.0 Å². The number of nitrogens with zero attached hydrogens (tertiary/aromatic N) is 2. The lowest BCUT2D eigenvalue weighted by molar-refractivity contribution is 0.0949. The fourth-order valence-electron chi connectivity index (χ4n) is 5.36. The van der Waals surface area contributed by atoms with Crippen LogP contribution in [0.2, 0.25) is 0 Å². The number of amides is 2. The first-order chi connectivity index (χ1) is 20.5. The zero-order chi connectivity index (χ0) is 29.3. The fourth-order valence-corrected chi connectivity index (χ4v) is 5.36. The maximum Gasteiger partial charge on any atom is 0.259 e. The van der Waals surface area contributed by atoms with E-state index in [2.05, 4.69) is 44.8 Å². The Bertz CT molecular complexity index is 1500. The largest absolute Gasteiger partial charge is 0.497 e. The van der Waals surface area contributed by atoms with Crippen molar-refractivity contribution >= 4 is 23.2 Å². The lowest BCUT2D eigenvalue weighted by atomic mass is 9.89. The number of benzene rings is 3. The molecule has 216 valence electrons. The molecule has 0 bridgehead atoms. The van der Waals surface area contributed by atoms with Gasteiger partial charge in [-0.15, -0.1) is 0 Å². The summed E-state index contributed by atoms with van der Waals surface area (Å²) in [5, 5.41) is 5.96. The number of anilines is 2. The summed E-state index contributed by atoms with van der Waals surface area (Å²) in [5.74, 6) is 1.04. The first-order valence-corrected chi connectivity index (χ1v) is 14.2. The molecule has 1 aliphatic heterocycles. The van der Waals surface area contributed by atoms with Crippen LogP contribution in [0.1, 0.15) is 44.7 Å². The van der Waals surface area contributed by atoms with Gasteiger partial charge in [0.25, 0.3) is 11.8 Å². The fraction of sp³-hybridized carbons (Fsp3) is 0.265. The molecule has 0 aliphatic carbocycles. The minimum absolute atomic E-state index is 0.210. The van der Waals surface area contributed by atoms with Crippen molar-refractivity contribution in [3.8, 4) is 11.5 Å². The van der Waals surface area contributed by atoms with Gasteiger partial charge in [0.05, 0.1) is 25.3 Å². The average Bonchev–Trinajstić information content (AvgIpc) is 3.04.